The third kappa shape index (κ3) is 3.39. The molecule has 1 fully saturated rings. The average molecular weight is 280 g/mol. The highest BCUT2D eigenvalue weighted by Crippen LogP contribution is 2.26. The number of amides is 1. The quantitative estimate of drug-likeness (QED) is 0.819. The molecule has 0 bridgehead atoms. The number of carbonyl (C=O) groups is 2. The Labute approximate surface area is 117 Å². The summed E-state index contributed by atoms with van der Waals surface area (Å²) in [5, 5.41) is 11.7. The number of nitrogens with one attached hydrogen (secondary N) is 1. The number of hydrogen-bond acceptors (Lipinski definition) is 4. The Morgan fingerprint density at radius 1 is 1.45 bits per heavy atom. The highest BCUT2D eigenvalue weighted by Gasteiger charge is 2.35. The van der Waals surface area contributed by atoms with Gasteiger partial charge in [-0.25, -0.2) is 0 Å². The molecular formula is C14H20N2O4. The minimum atomic E-state index is -0.814. The minimum Gasteiger partial charge on any atom is -0.480 e. The van der Waals surface area contributed by atoms with E-state index in [1.54, 1.807) is 19.1 Å². The summed E-state index contributed by atoms with van der Waals surface area (Å²) in [5.41, 5.74) is 0. The second kappa shape index (κ2) is 6.09. The average Bonchev–Trinajstić information content (AvgIpc) is 2.77. The number of carboxylic acids is 1. The van der Waals surface area contributed by atoms with Gasteiger partial charge in [0, 0.05) is 12.1 Å². The lowest BCUT2D eigenvalue weighted by Gasteiger charge is -2.42. The van der Waals surface area contributed by atoms with Gasteiger partial charge in [-0.05, 0) is 38.4 Å². The second-order valence-electron chi connectivity index (χ2n) is 5.16. The van der Waals surface area contributed by atoms with E-state index in [4.69, 9.17) is 9.52 Å². The zero-order valence-corrected chi connectivity index (χ0v) is 11.8. The molecule has 2 rings (SSSR count). The first-order valence-electron chi connectivity index (χ1n) is 6.82. The molecule has 2 N–H and O–H groups in total. The Bertz CT molecular complexity index is 491. The van der Waals surface area contributed by atoms with Crippen molar-refractivity contribution in [3.05, 3.63) is 23.7 Å². The fourth-order valence-electron chi connectivity index (χ4n) is 2.49. The SMILES string of the molecule is CCN(CC(=O)O)C1CC(NC(=O)c2ccc(C)o2)C1. The number of aliphatic carboxylic acids is 1. The van der Waals surface area contributed by atoms with Gasteiger partial charge in [0.05, 0.1) is 6.54 Å². The van der Waals surface area contributed by atoms with E-state index in [1.165, 1.54) is 0 Å². The van der Waals surface area contributed by atoms with Crippen LogP contribution in [0.25, 0.3) is 0 Å². The fraction of sp³-hybridized carbons (Fsp3) is 0.571. The molecule has 6 heteroatoms. The third-order valence-electron chi connectivity index (χ3n) is 3.67. The summed E-state index contributed by atoms with van der Waals surface area (Å²) in [6, 6.07) is 3.74. The van der Waals surface area contributed by atoms with Gasteiger partial charge >= 0.3 is 5.97 Å². The Morgan fingerprint density at radius 2 is 2.15 bits per heavy atom. The van der Waals surface area contributed by atoms with Crippen LogP contribution in [0.2, 0.25) is 0 Å². The van der Waals surface area contributed by atoms with Gasteiger partial charge in [-0.15, -0.1) is 0 Å². The van der Waals surface area contributed by atoms with Crippen LogP contribution in [0.5, 0.6) is 0 Å². The van der Waals surface area contributed by atoms with Crippen LogP contribution >= 0.6 is 0 Å². The highest BCUT2D eigenvalue weighted by molar-refractivity contribution is 5.91. The van der Waals surface area contributed by atoms with Crippen LogP contribution in [-0.4, -0.2) is 47.1 Å². The molecule has 0 aromatic carbocycles. The van der Waals surface area contributed by atoms with Crippen molar-refractivity contribution in [3.8, 4) is 0 Å². The van der Waals surface area contributed by atoms with Crippen LogP contribution in [0.4, 0.5) is 0 Å². The molecule has 0 saturated heterocycles. The van der Waals surface area contributed by atoms with E-state index in [-0.39, 0.29) is 24.5 Å². The predicted molar refractivity (Wildman–Crippen MR) is 72.6 cm³/mol. The zero-order valence-electron chi connectivity index (χ0n) is 11.8. The van der Waals surface area contributed by atoms with Crippen molar-refractivity contribution in [2.45, 2.75) is 38.8 Å². The monoisotopic (exact) mass is 280 g/mol. The first-order valence-corrected chi connectivity index (χ1v) is 6.82. The summed E-state index contributed by atoms with van der Waals surface area (Å²) in [6.45, 7) is 4.50. The molecule has 1 heterocycles. The second-order valence-corrected chi connectivity index (χ2v) is 5.16. The first-order chi connectivity index (χ1) is 9.49. The largest absolute Gasteiger partial charge is 0.480 e. The highest BCUT2D eigenvalue weighted by atomic mass is 16.4. The van der Waals surface area contributed by atoms with Gasteiger partial charge in [0.15, 0.2) is 5.76 Å². The maximum Gasteiger partial charge on any atom is 0.317 e. The van der Waals surface area contributed by atoms with Crippen molar-refractivity contribution in [3.63, 3.8) is 0 Å². The van der Waals surface area contributed by atoms with Crippen LogP contribution in [0.1, 0.15) is 36.1 Å². The Morgan fingerprint density at radius 3 is 2.65 bits per heavy atom. The van der Waals surface area contributed by atoms with Crippen molar-refractivity contribution < 1.29 is 19.1 Å². The summed E-state index contributed by atoms with van der Waals surface area (Å²) < 4.78 is 5.26. The van der Waals surface area contributed by atoms with Gasteiger partial charge in [-0.2, -0.15) is 0 Å². The number of likely N-dealkylation sites (N-methyl/N-ethyl adjacent to an activating group) is 1. The molecule has 1 aromatic heterocycles. The standard InChI is InChI=1S/C14H20N2O4/c1-3-16(8-13(17)18)11-6-10(7-11)15-14(19)12-5-4-9(2)20-12/h4-5,10-11H,3,6-8H2,1-2H3,(H,15,19)(H,17,18). The van der Waals surface area contributed by atoms with E-state index in [0.29, 0.717) is 18.1 Å². The summed E-state index contributed by atoms with van der Waals surface area (Å²) >= 11 is 0. The van der Waals surface area contributed by atoms with E-state index >= 15 is 0 Å². The first kappa shape index (κ1) is 14.6. The Kier molecular flexibility index (Phi) is 4.44. The van der Waals surface area contributed by atoms with Crippen LogP contribution in [0.15, 0.2) is 16.5 Å². The normalized spacial score (nSPS) is 21.6. The molecule has 1 amide bonds. The number of rotatable bonds is 6. The molecule has 110 valence electrons. The third-order valence-corrected chi connectivity index (χ3v) is 3.67. The predicted octanol–water partition coefficient (Wildman–Crippen LogP) is 1.26. The van der Waals surface area contributed by atoms with E-state index in [2.05, 4.69) is 5.32 Å². The maximum absolute atomic E-state index is 11.9. The zero-order chi connectivity index (χ0) is 14.7. The van der Waals surface area contributed by atoms with Crippen LogP contribution in [-0.2, 0) is 4.79 Å². The number of carboxylic acid groups (broad SMARTS) is 1. The number of carbonyl (C=O) groups excluding carboxylic acids is 1. The van der Waals surface area contributed by atoms with Crippen molar-refractivity contribution >= 4 is 11.9 Å². The minimum absolute atomic E-state index is 0.0548. The molecule has 0 unspecified atom stereocenters. The van der Waals surface area contributed by atoms with Crippen molar-refractivity contribution in [1.29, 1.82) is 0 Å². The molecule has 20 heavy (non-hydrogen) atoms. The maximum atomic E-state index is 11.9. The van der Waals surface area contributed by atoms with Crippen molar-refractivity contribution in [2.24, 2.45) is 0 Å². The lowest BCUT2D eigenvalue weighted by Crippen LogP contribution is -2.54. The van der Waals surface area contributed by atoms with Crippen LogP contribution < -0.4 is 5.32 Å². The smallest absolute Gasteiger partial charge is 0.317 e. The molecule has 1 aliphatic rings. The number of nitrogens with zero attached hydrogens (tertiary/aromatic N) is 1. The molecule has 0 aliphatic heterocycles. The lowest BCUT2D eigenvalue weighted by atomic mass is 9.85. The topological polar surface area (TPSA) is 82.8 Å². The van der Waals surface area contributed by atoms with E-state index in [1.807, 2.05) is 11.8 Å². The summed E-state index contributed by atoms with van der Waals surface area (Å²) in [7, 11) is 0. The lowest BCUT2D eigenvalue weighted by molar-refractivity contribution is -0.139. The van der Waals surface area contributed by atoms with Crippen LogP contribution in [0, 0.1) is 6.92 Å². The van der Waals surface area contributed by atoms with Gasteiger partial charge in [-0.1, -0.05) is 6.92 Å². The molecule has 0 atom stereocenters. The fourth-order valence-corrected chi connectivity index (χ4v) is 2.49. The summed E-state index contributed by atoms with van der Waals surface area (Å²) in [5.74, 6) is 0.0114. The van der Waals surface area contributed by atoms with E-state index < -0.39 is 5.97 Å². The molecule has 1 aromatic rings. The molecular weight excluding hydrogens is 260 g/mol. The number of furan rings is 1. The van der Waals surface area contributed by atoms with Gasteiger partial charge in [0.1, 0.15) is 5.76 Å². The molecule has 1 saturated carbocycles. The van der Waals surface area contributed by atoms with E-state index in [0.717, 1.165) is 12.8 Å². The van der Waals surface area contributed by atoms with Gasteiger partial charge in [0.25, 0.3) is 5.91 Å². The molecule has 6 nitrogen and oxygen atoms in total. The van der Waals surface area contributed by atoms with E-state index in [9.17, 15) is 9.59 Å². The molecule has 0 radical (unpaired) electrons. The summed E-state index contributed by atoms with van der Waals surface area (Å²) in [6.07, 6.45) is 1.57. The number of aryl methyl sites for hydroxylation is 1. The van der Waals surface area contributed by atoms with Crippen LogP contribution in [0.3, 0.4) is 0 Å². The molecule has 0 spiro atoms. The van der Waals surface area contributed by atoms with Crippen molar-refractivity contribution in [2.75, 3.05) is 13.1 Å². The molecule has 1 aliphatic carbocycles. The summed E-state index contributed by atoms with van der Waals surface area (Å²) in [4.78, 5) is 24.5. The Hall–Kier alpha value is -1.82. The van der Waals surface area contributed by atoms with Gasteiger partial charge in [0.2, 0.25) is 0 Å². The van der Waals surface area contributed by atoms with Gasteiger partial charge < -0.3 is 14.8 Å². The Balaban J connectivity index is 1.78. The van der Waals surface area contributed by atoms with Crippen molar-refractivity contribution in [1.82, 2.24) is 10.2 Å². The number of hydrogen-bond donors (Lipinski definition) is 2. The van der Waals surface area contributed by atoms with Gasteiger partial charge in [-0.3, -0.25) is 14.5 Å².